The van der Waals surface area contributed by atoms with Crippen LogP contribution in [0.15, 0.2) is 47.1 Å². The lowest BCUT2D eigenvalue weighted by molar-refractivity contribution is -0.0917. The second kappa shape index (κ2) is 6.78. The topological polar surface area (TPSA) is 69.2 Å². The van der Waals surface area contributed by atoms with E-state index in [2.05, 4.69) is 51.4 Å². The molecule has 4 rings (SSSR count). The van der Waals surface area contributed by atoms with E-state index in [9.17, 15) is 0 Å². The van der Waals surface area contributed by atoms with Gasteiger partial charge in [-0.15, -0.1) is 10.2 Å². The minimum atomic E-state index is -0.173. The summed E-state index contributed by atoms with van der Waals surface area (Å²) in [6, 6.07) is 10.4. The quantitative estimate of drug-likeness (QED) is 0.727. The van der Waals surface area contributed by atoms with Crippen LogP contribution in [-0.2, 0) is 11.3 Å². The molecule has 130 valence electrons. The van der Waals surface area contributed by atoms with Gasteiger partial charge in [0.2, 0.25) is 11.8 Å². The van der Waals surface area contributed by atoms with Crippen molar-refractivity contribution in [2.45, 2.75) is 32.6 Å². The molecule has 7 heteroatoms. The van der Waals surface area contributed by atoms with E-state index in [4.69, 9.17) is 9.15 Å². The summed E-state index contributed by atoms with van der Waals surface area (Å²) in [5, 5.41) is 12.3. The largest absolute Gasteiger partial charge is 0.423 e. The van der Waals surface area contributed by atoms with Crippen molar-refractivity contribution in [2.24, 2.45) is 0 Å². The molecular weight excluding hydrogens is 318 g/mol. The smallest absolute Gasteiger partial charge is 0.246 e. The van der Waals surface area contributed by atoms with Gasteiger partial charge in [-0.05, 0) is 30.7 Å². The monoisotopic (exact) mass is 339 g/mol. The van der Waals surface area contributed by atoms with Gasteiger partial charge in [0.05, 0.1) is 11.8 Å². The first-order valence-electron chi connectivity index (χ1n) is 8.44. The molecule has 0 N–H and O–H groups in total. The molecule has 1 aromatic carbocycles. The van der Waals surface area contributed by atoms with Crippen LogP contribution in [0.3, 0.4) is 0 Å². The molecule has 7 nitrogen and oxygen atoms in total. The molecular formula is C18H21N5O2. The van der Waals surface area contributed by atoms with Crippen molar-refractivity contribution in [2.75, 3.05) is 13.1 Å². The third-order valence-electron chi connectivity index (χ3n) is 4.26. The van der Waals surface area contributed by atoms with Gasteiger partial charge in [-0.1, -0.05) is 12.1 Å². The zero-order valence-corrected chi connectivity index (χ0v) is 14.4. The van der Waals surface area contributed by atoms with Crippen molar-refractivity contribution in [3.05, 3.63) is 60.1 Å². The molecule has 2 atom stereocenters. The lowest BCUT2D eigenvalue weighted by atomic mass is 10.1. The van der Waals surface area contributed by atoms with E-state index in [1.165, 1.54) is 5.56 Å². The Morgan fingerprint density at radius 2 is 2.00 bits per heavy atom. The molecule has 0 bridgehead atoms. The number of hydrogen-bond acceptors (Lipinski definition) is 6. The molecule has 1 aliphatic heterocycles. The van der Waals surface area contributed by atoms with E-state index in [0.29, 0.717) is 11.8 Å². The Hall–Kier alpha value is -2.51. The Labute approximate surface area is 146 Å². The van der Waals surface area contributed by atoms with Gasteiger partial charge in [0.15, 0.2) is 0 Å². The van der Waals surface area contributed by atoms with E-state index in [0.717, 1.165) is 25.3 Å². The van der Waals surface area contributed by atoms with Crippen molar-refractivity contribution >= 4 is 0 Å². The van der Waals surface area contributed by atoms with Crippen molar-refractivity contribution in [3.63, 3.8) is 0 Å². The Kier molecular flexibility index (Phi) is 4.33. The predicted molar refractivity (Wildman–Crippen MR) is 91.2 cm³/mol. The normalized spacial score (nSPS) is 21.5. The zero-order chi connectivity index (χ0) is 17.2. The number of benzene rings is 1. The van der Waals surface area contributed by atoms with Crippen molar-refractivity contribution < 1.29 is 9.15 Å². The summed E-state index contributed by atoms with van der Waals surface area (Å²) in [5.74, 6) is 1.13. The lowest BCUT2D eigenvalue weighted by Crippen LogP contribution is -2.42. The number of aromatic nitrogens is 4. The van der Waals surface area contributed by atoms with Crippen LogP contribution in [0.25, 0.3) is 5.69 Å². The Balaban J connectivity index is 1.44. The molecule has 1 fully saturated rings. The van der Waals surface area contributed by atoms with Gasteiger partial charge in [-0.2, -0.15) is 5.10 Å². The minimum absolute atomic E-state index is 0.120. The molecule has 1 saturated heterocycles. The first-order chi connectivity index (χ1) is 12.2. The van der Waals surface area contributed by atoms with E-state index in [1.807, 2.05) is 16.9 Å². The first kappa shape index (κ1) is 16.0. The lowest BCUT2D eigenvalue weighted by Gasteiger charge is -2.35. The molecule has 0 saturated carbocycles. The van der Waals surface area contributed by atoms with Gasteiger partial charge in [-0.3, -0.25) is 4.90 Å². The van der Waals surface area contributed by atoms with Crippen LogP contribution < -0.4 is 0 Å². The van der Waals surface area contributed by atoms with Crippen LogP contribution in [0.1, 0.15) is 30.4 Å². The van der Waals surface area contributed by atoms with Gasteiger partial charge in [0.1, 0.15) is 6.10 Å². The SMILES string of the molecule is Cc1nnc([C@H]2CN(Cc3ccc(-n4cccn4)cc3)C[C@@H](C)O2)o1. The van der Waals surface area contributed by atoms with E-state index in [-0.39, 0.29) is 12.2 Å². The maximum atomic E-state index is 5.97. The maximum Gasteiger partial charge on any atom is 0.246 e. The van der Waals surface area contributed by atoms with Gasteiger partial charge in [0.25, 0.3) is 0 Å². The summed E-state index contributed by atoms with van der Waals surface area (Å²) in [6.07, 6.45) is 3.67. The number of ether oxygens (including phenoxy) is 1. The Morgan fingerprint density at radius 3 is 2.68 bits per heavy atom. The fourth-order valence-electron chi connectivity index (χ4n) is 3.18. The van der Waals surface area contributed by atoms with E-state index in [1.54, 1.807) is 13.1 Å². The summed E-state index contributed by atoms with van der Waals surface area (Å²) in [7, 11) is 0. The minimum Gasteiger partial charge on any atom is -0.423 e. The average molecular weight is 339 g/mol. The van der Waals surface area contributed by atoms with Crippen LogP contribution in [-0.4, -0.2) is 44.1 Å². The van der Waals surface area contributed by atoms with Gasteiger partial charge in [0, 0.05) is 39.0 Å². The summed E-state index contributed by atoms with van der Waals surface area (Å²) in [4.78, 5) is 2.36. The fraction of sp³-hybridized carbons (Fsp3) is 0.389. The van der Waals surface area contributed by atoms with E-state index < -0.39 is 0 Å². The molecule has 25 heavy (non-hydrogen) atoms. The van der Waals surface area contributed by atoms with Crippen LogP contribution in [0.4, 0.5) is 0 Å². The highest BCUT2D eigenvalue weighted by Gasteiger charge is 2.30. The Bertz CT molecular complexity index is 812. The number of nitrogens with zero attached hydrogens (tertiary/aromatic N) is 5. The molecule has 1 aliphatic rings. The number of aryl methyl sites for hydroxylation is 1. The first-order valence-corrected chi connectivity index (χ1v) is 8.44. The van der Waals surface area contributed by atoms with Crippen molar-refractivity contribution in [1.82, 2.24) is 24.9 Å². The average Bonchev–Trinajstić information content (AvgIpc) is 3.27. The maximum absolute atomic E-state index is 5.97. The van der Waals surface area contributed by atoms with Gasteiger partial charge in [-0.25, -0.2) is 4.68 Å². The van der Waals surface area contributed by atoms with Crippen LogP contribution in [0.5, 0.6) is 0 Å². The standard InChI is InChI=1S/C18H21N5O2/c1-13-10-22(12-17(24-13)18-21-20-14(2)25-18)11-15-4-6-16(7-5-15)23-9-3-8-19-23/h3-9,13,17H,10-12H2,1-2H3/t13-,17-/m1/s1. The third kappa shape index (κ3) is 3.62. The molecule has 0 unspecified atom stereocenters. The summed E-state index contributed by atoms with van der Waals surface area (Å²) >= 11 is 0. The van der Waals surface area contributed by atoms with Crippen LogP contribution in [0.2, 0.25) is 0 Å². The van der Waals surface area contributed by atoms with E-state index >= 15 is 0 Å². The van der Waals surface area contributed by atoms with Crippen molar-refractivity contribution in [3.8, 4) is 5.69 Å². The highest BCUT2D eigenvalue weighted by molar-refractivity contribution is 5.33. The Morgan fingerprint density at radius 1 is 1.16 bits per heavy atom. The summed E-state index contributed by atoms with van der Waals surface area (Å²) in [6.45, 7) is 6.35. The highest BCUT2D eigenvalue weighted by atomic mass is 16.5. The third-order valence-corrected chi connectivity index (χ3v) is 4.26. The second-order valence-corrected chi connectivity index (χ2v) is 6.41. The number of hydrogen-bond donors (Lipinski definition) is 0. The summed E-state index contributed by atoms with van der Waals surface area (Å²) < 4.78 is 13.4. The second-order valence-electron chi connectivity index (χ2n) is 6.41. The number of morpholine rings is 1. The summed E-state index contributed by atoms with van der Waals surface area (Å²) in [5.41, 5.74) is 2.31. The molecule has 3 aromatic rings. The molecule has 3 heterocycles. The molecule has 0 aliphatic carbocycles. The van der Waals surface area contributed by atoms with Crippen molar-refractivity contribution in [1.29, 1.82) is 0 Å². The molecule has 2 aromatic heterocycles. The molecule has 0 radical (unpaired) electrons. The highest BCUT2D eigenvalue weighted by Crippen LogP contribution is 2.25. The van der Waals surface area contributed by atoms with Gasteiger partial charge < -0.3 is 9.15 Å². The molecule has 0 spiro atoms. The van der Waals surface area contributed by atoms with Gasteiger partial charge >= 0.3 is 0 Å². The number of rotatable bonds is 4. The predicted octanol–water partition coefficient (Wildman–Crippen LogP) is 2.53. The fourth-order valence-corrected chi connectivity index (χ4v) is 3.18. The molecule has 0 amide bonds. The van der Waals surface area contributed by atoms with Crippen LogP contribution in [0, 0.1) is 6.92 Å². The zero-order valence-electron chi connectivity index (χ0n) is 14.4. The van der Waals surface area contributed by atoms with Crippen LogP contribution >= 0.6 is 0 Å².